The standard InChI is InChI=1S/C26H30ClFN4O.2ClH/c1-19-16-21(9-10-24(19)28)25-17-22(18-31-14-12-30(2)13-15-31)26(33)32(29-25)11-5-7-20-6-3-4-8-23(20)27;;/h3-4,6,8-10,16-17H,5,7,11-15,18H2,1-2H3;2*1H. The first-order chi connectivity index (χ1) is 15.9. The minimum atomic E-state index is -0.246. The predicted octanol–water partition coefficient (Wildman–Crippen LogP) is 5.24. The Labute approximate surface area is 223 Å². The number of rotatable bonds is 7. The van der Waals surface area contributed by atoms with Gasteiger partial charge in [-0.15, -0.1) is 24.8 Å². The van der Waals surface area contributed by atoms with Crippen LogP contribution < -0.4 is 5.56 Å². The van der Waals surface area contributed by atoms with E-state index in [2.05, 4.69) is 21.9 Å². The van der Waals surface area contributed by atoms with E-state index < -0.39 is 0 Å². The second-order valence-electron chi connectivity index (χ2n) is 8.82. The molecule has 1 aromatic heterocycles. The van der Waals surface area contributed by atoms with Gasteiger partial charge in [0, 0.05) is 55.4 Å². The molecule has 0 unspecified atom stereocenters. The van der Waals surface area contributed by atoms with Crippen LogP contribution in [0.2, 0.25) is 5.02 Å². The van der Waals surface area contributed by atoms with Crippen LogP contribution in [0.25, 0.3) is 11.3 Å². The molecule has 1 fully saturated rings. The van der Waals surface area contributed by atoms with Gasteiger partial charge in [-0.05, 0) is 68.3 Å². The molecule has 0 aliphatic carbocycles. The van der Waals surface area contributed by atoms with Gasteiger partial charge in [-0.3, -0.25) is 9.69 Å². The number of halogens is 4. The fourth-order valence-corrected chi connectivity index (χ4v) is 4.40. The van der Waals surface area contributed by atoms with Crippen molar-refractivity contribution >= 4 is 36.4 Å². The van der Waals surface area contributed by atoms with Crippen molar-refractivity contribution in [3.63, 3.8) is 0 Å². The van der Waals surface area contributed by atoms with E-state index >= 15 is 0 Å². The normalized spacial score (nSPS) is 14.3. The van der Waals surface area contributed by atoms with Crippen molar-refractivity contribution in [3.05, 3.63) is 86.4 Å². The molecule has 190 valence electrons. The Bertz CT molecular complexity index is 1180. The third-order valence-corrected chi connectivity index (χ3v) is 6.63. The van der Waals surface area contributed by atoms with Crippen LogP contribution in [0.5, 0.6) is 0 Å². The van der Waals surface area contributed by atoms with Crippen molar-refractivity contribution in [1.29, 1.82) is 0 Å². The first-order valence-electron chi connectivity index (χ1n) is 11.4. The lowest BCUT2D eigenvalue weighted by atomic mass is 10.1. The zero-order valence-electron chi connectivity index (χ0n) is 20.0. The Hall–Kier alpha value is -1.96. The van der Waals surface area contributed by atoms with E-state index in [1.165, 1.54) is 6.07 Å². The number of nitrogens with zero attached hydrogens (tertiary/aromatic N) is 4. The molecule has 0 bridgehead atoms. The van der Waals surface area contributed by atoms with Crippen LogP contribution in [0, 0.1) is 12.7 Å². The molecule has 4 rings (SSSR count). The quantitative estimate of drug-likeness (QED) is 0.410. The Kier molecular flexibility index (Phi) is 11.2. The Balaban J connectivity index is 0.00000216. The Morgan fingerprint density at radius 3 is 2.40 bits per heavy atom. The highest BCUT2D eigenvalue weighted by molar-refractivity contribution is 6.31. The molecule has 0 N–H and O–H groups in total. The van der Waals surface area contributed by atoms with Crippen LogP contribution in [0.1, 0.15) is 23.1 Å². The van der Waals surface area contributed by atoms with Crippen LogP contribution >= 0.6 is 36.4 Å². The number of likely N-dealkylation sites (N-methyl/N-ethyl adjacent to an activating group) is 1. The molecule has 0 spiro atoms. The van der Waals surface area contributed by atoms with Gasteiger partial charge >= 0.3 is 0 Å². The van der Waals surface area contributed by atoms with E-state index in [0.717, 1.165) is 60.7 Å². The topological polar surface area (TPSA) is 41.4 Å². The molecule has 5 nitrogen and oxygen atoms in total. The maximum Gasteiger partial charge on any atom is 0.271 e. The third-order valence-electron chi connectivity index (χ3n) is 6.27. The highest BCUT2D eigenvalue weighted by Crippen LogP contribution is 2.21. The van der Waals surface area contributed by atoms with Gasteiger partial charge in [-0.2, -0.15) is 5.10 Å². The van der Waals surface area contributed by atoms with Gasteiger partial charge in [0.05, 0.1) is 5.69 Å². The number of aromatic nitrogens is 2. The second kappa shape index (κ2) is 13.4. The molecule has 35 heavy (non-hydrogen) atoms. The lowest BCUT2D eigenvalue weighted by molar-refractivity contribution is 0.147. The maximum atomic E-state index is 13.8. The summed E-state index contributed by atoms with van der Waals surface area (Å²) in [5.41, 5.74) is 3.80. The predicted molar refractivity (Wildman–Crippen MR) is 146 cm³/mol. The number of aryl methyl sites for hydroxylation is 3. The summed E-state index contributed by atoms with van der Waals surface area (Å²) in [6, 6.07) is 14.6. The highest BCUT2D eigenvalue weighted by atomic mass is 35.5. The van der Waals surface area contributed by atoms with E-state index in [-0.39, 0.29) is 36.2 Å². The summed E-state index contributed by atoms with van der Waals surface area (Å²) in [6.07, 6.45) is 1.51. The Morgan fingerprint density at radius 2 is 1.71 bits per heavy atom. The van der Waals surface area contributed by atoms with E-state index in [1.807, 2.05) is 30.3 Å². The minimum Gasteiger partial charge on any atom is -0.304 e. The van der Waals surface area contributed by atoms with Gasteiger partial charge < -0.3 is 4.90 Å². The minimum absolute atomic E-state index is 0. The average molecular weight is 542 g/mol. The average Bonchev–Trinajstić information content (AvgIpc) is 2.80. The van der Waals surface area contributed by atoms with Crippen LogP contribution in [0.3, 0.4) is 0 Å². The first kappa shape index (κ1) is 29.3. The van der Waals surface area contributed by atoms with Crippen LogP contribution in [0.15, 0.2) is 53.3 Å². The fourth-order valence-electron chi connectivity index (χ4n) is 4.17. The van der Waals surface area contributed by atoms with Gasteiger partial charge in [0.2, 0.25) is 0 Å². The van der Waals surface area contributed by atoms with Gasteiger partial charge in [0.1, 0.15) is 5.82 Å². The summed E-state index contributed by atoms with van der Waals surface area (Å²) in [5, 5.41) is 5.39. The molecule has 2 aromatic carbocycles. The van der Waals surface area contributed by atoms with Crippen molar-refractivity contribution in [1.82, 2.24) is 19.6 Å². The summed E-state index contributed by atoms with van der Waals surface area (Å²) >= 11 is 6.29. The van der Waals surface area contributed by atoms with Gasteiger partial charge in [0.15, 0.2) is 0 Å². The molecule has 1 saturated heterocycles. The molecule has 2 heterocycles. The summed E-state index contributed by atoms with van der Waals surface area (Å²) in [6.45, 7) is 6.65. The summed E-state index contributed by atoms with van der Waals surface area (Å²) in [7, 11) is 2.12. The zero-order chi connectivity index (χ0) is 23.4. The molecular weight excluding hydrogens is 510 g/mol. The Morgan fingerprint density at radius 1 is 1.00 bits per heavy atom. The van der Waals surface area contributed by atoms with Crippen LogP contribution in [0.4, 0.5) is 4.39 Å². The summed E-state index contributed by atoms with van der Waals surface area (Å²) < 4.78 is 15.4. The molecule has 0 amide bonds. The zero-order valence-corrected chi connectivity index (χ0v) is 22.4. The van der Waals surface area contributed by atoms with Gasteiger partial charge in [0.25, 0.3) is 5.56 Å². The number of benzene rings is 2. The van der Waals surface area contributed by atoms with E-state index in [0.29, 0.717) is 24.3 Å². The monoisotopic (exact) mass is 540 g/mol. The van der Waals surface area contributed by atoms with E-state index in [9.17, 15) is 9.18 Å². The molecule has 1 aliphatic heterocycles. The fraction of sp³-hybridized carbons (Fsp3) is 0.385. The second-order valence-corrected chi connectivity index (χ2v) is 9.23. The first-order valence-corrected chi connectivity index (χ1v) is 11.8. The highest BCUT2D eigenvalue weighted by Gasteiger charge is 2.18. The lowest BCUT2D eigenvalue weighted by Gasteiger charge is -2.32. The number of hydrogen-bond donors (Lipinski definition) is 0. The van der Waals surface area contributed by atoms with Crippen LogP contribution in [-0.2, 0) is 19.5 Å². The maximum absolute atomic E-state index is 13.8. The smallest absolute Gasteiger partial charge is 0.271 e. The van der Waals surface area contributed by atoms with E-state index in [4.69, 9.17) is 11.6 Å². The SMILES string of the molecule is Cc1cc(-c2cc(CN3CCN(C)CC3)c(=O)n(CCCc3ccccc3Cl)n2)ccc1F.Cl.Cl. The van der Waals surface area contributed by atoms with Crippen molar-refractivity contribution in [2.24, 2.45) is 0 Å². The van der Waals surface area contributed by atoms with Crippen LogP contribution in [-0.4, -0.2) is 52.8 Å². The molecule has 0 saturated carbocycles. The third kappa shape index (κ3) is 7.51. The van der Waals surface area contributed by atoms with Gasteiger partial charge in [-0.25, -0.2) is 9.07 Å². The molecule has 9 heteroatoms. The summed E-state index contributed by atoms with van der Waals surface area (Å²) in [4.78, 5) is 17.9. The number of hydrogen-bond acceptors (Lipinski definition) is 4. The molecule has 0 atom stereocenters. The molecule has 0 radical (unpaired) electrons. The van der Waals surface area contributed by atoms with Crippen molar-refractivity contribution in [3.8, 4) is 11.3 Å². The van der Waals surface area contributed by atoms with Crippen molar-refractivity contribution in [2.75, 3.05) is 33.2 Å². The largest absolute Gasteiger partial charge is 0.304 e. The number of piperazine rings is 1. The lowest BCUT2D eigenvalue weighted by Crippen LogP contribution is -2.45. The van der Waals surface area contributed by atoms with Crippen molar-refractivity contribution in [2.45, 2.75) is 32.9 Å². The molecule has 1 aliphatic rings. The van der Waals surface area contributed by atoms with Gasteiger partial charge in [-0.1, -0.05) is 29.8 Å². The summed E-state index contributed by atoms with van der Waals surface area (Å²) in [5.74, 6) is -0.246. The molecular formula is C26H32Cl3FN4O. The van der Waals surface area contributed by atoms with Crippen molar-refractivity contribution < 1.29 is 4.39 Å². The molecule has 3 aromatic rings. The van der Waals surface area contributed by atoms with E-state index in [1.54, 1.807) is 23.7 Å².